The zero-order valence-corrected chi connectivity index (χ0v) is 15.5. The summed E-state index contributed by atoms with van der Waals surface area (Å²) >= 11 is 0. The quantitative estimate of drug-likeness (QED) is 0.376. The molecule has 11 nitrogen and oxygen atoms in total. The van der Waals surface area contributed by atoms with Gasteiger partial charge in [0.15, 0.2) is 0 Å². The van der Waals surface area contributed by atoms with Crippen molar-refractivity contribution in [1.82, 2.24) is 24.3 Å². The Balaban J connectivity index is 2.02. The van der Waals surface area contributed by atoms with Crippen molar-refractivity contribution in [3.05, 3.63) is 27.7 Å². The van der Waals surface area contributed by atoms with Crippen molar-refractivity contribution >= 4 is 15.7 Å². The maximum absolute atomic E-state index is 12.8. The lowest BCUT2D eigenvalue weighted by molar-refractivity contribution is -0.385. The van der Waals surface area contributed by atoms with Gasteiger partial charge in [0.1, 0.15) is 11.1 Å². The van der Waals surface area contributed by atoms with E-state index in [1.165, 1.54) is 31.8 Å². The van der Waals surface area contributed by atoms with Gasteiger partial charge in [0.25, 0.3) is 0 Å². The number of aromatic nitrogens is 4. The van der Waals surface area contributed by atoms with E-state index in [4.69, 9.17) is 4.74 Å². The highest BCUT2D eigenvalue weighted by Crippen LogP contribution is 2.24. The fraction of sp³-hybridized carbons (Fsp3) is 0.538. The van der Waals surface area contributed by atoms with Gasteiger partial charge < -0.3 is 4.74 Å². The van der Waals surface area contributed by atoms with Crippen LogP contribution in [0.15, 0.2) is 11.1 Å². The molecule has 150 valence electrons. The Hall–Kier alpha value is -2.61. The third kappa shape index (κ3) is 4.39. The molecule has 0 atom stereocenters. The third-order valence-electron chi connectivity index (χ3n) is 3.67. The molecule has 2 aromatic rings. The molecule has 0 fully saturated rings. The van der Waals surface area contributed by atoms with Crippen LogP contribution in [-0.4, -0.2) is 46.6 Å². The summed E-state index contributed by atoms with van der Waals surface area (Å²) in [5.41, 5.74) is -0.501. The number of halogens is 2. The van der Waals surface area contributed by atoms with Crippen molar-refractivity contribution in [3.63, 3.8) is 0 Å². The molecule has 2 rings (SSSR count). The number of alkyl halides is 2. The van der Waals surface area contributed by atoms with E-state index in [9.17, 15) is 27.3 Å². The Morgan fingerprint density at radius 1 is 1.37 bits per heavy atom. The number of sulfonamides is 1. The van der Waals surface area contributed by atoms with E-state index >= 15 is 0 Å². The van der Waals surface area contributed by atoms with E-state index in [0.717, 1.165) is 0 Å². The molecule has 0 radical (unpaired) electrons. The molecule has 0 aliphatic heterocycles. The fourth-order valence-electron chi connectivity index (χ4n) is 2.52. The van der Waals surface area contributed by atoms with Crippen LogP contribution < -0.4 is 9.46 Å². The van der Waals surface area contributed by atoms with Crippen molar-refractivity contribution < 1.29 is 26.9 Å². The van der Waals surface area contributed by atoms with Gasteiger partial charge >= 0.3 is 18.1 Å². The molecule has 0 aliphatic carbocycles. The average molecular weight is 408 g/mol. The van der Waals surface area contributed by atoms with E-state index in [0.29, 0.717) is 4.68 Å². The predicted octanol–water partition coefficient (Wildman–Crippen LogP) is 1.38. The normalized spacial score (nSPS) is 11.9. The molecule has 0 amide bonds. The Kier molecular flexibility index (Phi) is 6.10. The minimum Gasteiger partial charge on any atom is -0.475 e. The van der Waals surface area contributed by atoms with Gasteiger partial charge in [-0.3, -0.25) is 14.8 Å². The van der Waals surface area contributed by atoms with Crippen LogP contribution in [0, 0.1) is 24.0 Å². The first-order valence-electron chi connectivity index (χ1n) is 7.67. The van der Waals surface area contributed by atoms with Gasteiger partial charge in [-0.05, 0) is 20.3 Å². The maximum atomic E-state index is 12.8. The van der Waals surface area contributed by atoms with Gasteiger partial charge in [-0.1, -0.05) is 0 Å². The Morgan fingerprint density at radius 3 is 2.52 bits per heavy atom. The smallest absolute Gasteiger partial charge is 0.350 e. The Morgan fingerprint density at radius 2 is 2.04 bits per heavy atom. The van der Waals surface area contributed by atoms with Crippen LogP contribution in [-0.2, 0) is 16.6 Å². The summed E-state index contributed by atoms with van der Waals surface area (Å²) in [5.74, 6) is -0.147. The first kappa shape index (κ1) is 20.7. The maximum Gasteiger partial charge on any atom is 0.350 e. The lowest BCUT2D eigenvalue weighted by Crippen LogP contribution is -2.26. The zero-order valence-electron chi connectivity index (χ0n) is 14.7. The fourth-order valence-corrected chi connectivity index (χ4v) is 3.99. The summed E-state index contributed by atoms with van der Waals surface area (Å²) in [5, 5.41) is 18.3. The van der Waals surface area contributed by atoms with Gasteiger partial charge in [-0.2, -0.15) is 13.9 Å². The second-order valence-electron chi connectivity index (χ2n) is 5.52. The molecule has 1 N–H and O–H groups in total. The number of hydrogen-bond acceptors (Lipinski definition) is 7. The van der Waals surface area contributed by atoms with Crippen LogP contribution in [0.1, 0.15) is 24.4 Å². The molecule has 0 aromatic carbocycles. The predicted molar refractivity (Wildman–Crippen MR) is 88.2 cm³/mol. The van der Waals surface area contributed by atoms with Gasteiger partial charge in [0, 0.05) is 13.1 Å². The summed E-state index contributed by atoms with van der Waals surface area (Å²) in [6.45, 7) is -0.220. The molecule has 0 bridgehead atoms. The van der Waals surface area contributed by atoms with E-state index in [1.54, 1.807) is 0 Å². The van der Waals surface area contributed by atoms with E-state index < -0.39 is 21.5 Å². The number of nitrogens with zero attached hydrogens (tertiary/aromatic N) is 5. The highest BCUT2D eigenvalue weighted by Gasteiger charge is 2.27. The lowest BCUT2D eigenvalue weighted by Gasteiger charge is -2.08. The van der Waals surface area contributed by atoms with Crippen molar-refractivity contribution in [1.29, 1.82) is 0 Å². The molecule has 0 saturated heterocycles. The van der Waals surface area contributed by atoms with Gasteiger partial charge in [0.2, 0.25) is 10.0 Å². The van der Waals surface area contributed by atoms with Crippen LogP contribution in [0.5, 0.6) is 5.88 Å². The Bertz CT molecular complexity index is 939. The highest BCUT2D eigenvalue weighted by molar-refractivity contribution is 7.89. The number of nitrogens with one attached hydrogen (secondary N) is 1. The Labute approximate surface area is 153 Å². The topological polar surface area (TPSA) is 134 Å². The number of hydrogen-bond donors (Lipinski definition) is 1. The number of nitro groups is 1. The number of ether oxygens (including phenoxy) is 1. The number of rotatable bonds is 9. The molecular weight excluding hydrogens is 390 g/mol. The van der Waals surface area contributed by atoms with E-state index in [-0.39, 0.29) is 47.4 Å². The minimum atomic E-state index is -4.04. The summed E-state index contributed by atoms with van der Waals surface area (Å²) in [6.07, 6.45) is 1.43. The summed E-state index contributed by atoms with van der Waals surface area (Å²) in [6, 6.07) is 0. The molecule has 0 spiro atoms. The first-order valence-corrected chi connectivity index (χ1v) is 9.16. The van der Waals surface area contributed by atoms with Crippen LogP contribution in [0.3, 0.4) is 0 Å². The van der Waals surface area contributed by atoms with Gasteiger partial charge in [-0.15, -0.1) is 5.10 Å². The largest absolute Gasteiger partial charge is 0.475 e. The highest BCUT2D eigenvalue weighted by atomic mass is 32.2. The van der Waals surface area contributed by atoms with E-state index in [1.807, 2.05) is 0 Å². The molecule has 14 heteroatoms. The number of methoxy groups -OCH3 is 1. The molecule has 0 aliphatic rings. The third-order valence-corrected chi connectivity index (χ3v) is 5.38. The number of aryl methyl sites for hydroxylation is 2. The second kappa shape index (κ2) is 7.96. The molecule has 0 unspecified atom stereocenters. The van der Waals surface area contributed by atoms with Crippen molar-refractivity contribution in [2.24, 2.45) is 0 Å². The summed E-state index contributed by atoms with van der Waals surface area (Å²) in [7, 11) is -2.79. The standard InChI is InChI=1S/C13H18F2N6O5S/c1-8-11(9(2)20(17-8)13(14)15)27(24,25)16-5-4-6-19-7-10(21(22)23)12(18-19)26-3/h7,13,16H,4-6H2,1-3H3. The monoisotopic (exact) mass is 408 g/mol. The van der Waals surface area contributed by atoms with Gasteiger partial charge in [0.05, 0.1) is 23.4 Å². The van der Waals surface area contributed by atoms with Crippen LogP contribution in [0.25, 0.3) is 0 Å². The molecule has 2 heterocycles. The molecule has 27 heavy (non-hydrogen) atoms. The van der Waals surface area contributed by atoms with Crippen molar-refractivity contribution in [3.8, 4) is 5.88 Å². The molecule has 2 aromatic heterocycles. The minimum absolute atomic E-state index is 0.0307. The SMILES string of the molecule is COc1nn(CCCNS(=O)(=O)c2c(C)nn(C(F)F)c2C)cc1[N+](=O)[O-]. The van der Waals surface area contributed by atoms with E-state index in [2.05, 4.69) is 14.9 Å². The van der Waals surface area contributed by atoms with Crippen LogP contribution >= 0.6 is 0 Å². The lowest BCUT2D eigenvalue weighted by atomic mass is 10.4. The summed E-state index contributed by atoms with van der Waals surface area (Å²) < 4.78 is 59.1. The van der Waals surface area contributed by atoms with Crippen molar-refractivity contribution in [2.45, 2.75) is 38.3 Å². The van der Waals surface area contributed by atoms with Crippen molar-refractivity contribution in [2.75, 3.05) is 13.7 Å². The molecular formula is C13H18F2N6O5S. The van der Waals surface area contributed by atoms with Gasteiger partial charge in [-0.25, -0.2) is 17.8 Å². The average Bonchev–Trinajstić information content (AvgIpc) is 3.12. The van der Waals surface area contributed by atoms with Crippen LogP contribution in [0.4, 0.5) is 14.5 Å². The molecule has 0 saturated carbocycles. The van der Waals surface area contributed by atoms with Crippen LogP contribution in [0.2, 0.25) is 0 Å². The zero-order chi connectivity index (χ0) is 20.4. The summed E-state index contributed by atoms with van der Waals surface area (Å²) in [4.78, 5) is 9.91. The first-order chi connectivity index (χ1) is 12.6. The second-order valence-corrected chi connectivity index (χ2v) is 7.22.